The summed E-state index contributed by atoms with van der Waals surface area (Å²) in [6, 6.07) is 12.3. The van der Waals surface area contributed by atoms with Gasteiger partial charge in [0.25, 0.3) is 0 Å². The van der Waals surface area contributed by atoms with Crippen molar-refractivity contribution in [3.63, 3.8) is 0 Å². The lowest BCUT2D eigenvalue weighted by Gasteiger charge is -2.16. The zero-order valence-electron chi connectivity index (χ0n) is 15.4. The van der Waals surface area contributed by atoms with Crippen LogP contribution in [0.3, 0.4) is 0 Å². The van der Waals surface area contributed by atoms with Crippen LogP contribution in [0.4, 0.5) is 0 Å². The Bertz CT molecular complexity index is 903. The largest absolute Gasteiger partial charge is 0.487 e. The van der Waals surface area contributed by atoms with Crippen molar-refractivity contribution < 1.29 is 9.26 Å². The number of hydrogen-bond acceptors (Lipinski definition) is 5. The van der Waals surface area contributed by atoms with Crippen molar-refractivity contribution in [2.24, 2.45) is 0 Å². The van der Waals surface area contributed by atoms with Crippen LogP contribution < -0.4 is 4.74 Å². The maximum atomic E-state index is 5.95. The lowest BCUT2D eigenvalue weighted by Crippen LogP contribution is -2.24. The Morgan fingerprint density at radius 2 is 1.88 bits per heavy atom. The van der Waals surface area contributed by atoms with E-state index in [1.54, 1.807) is 12.4 Å². The van der Waals surface area contributed by atoms with E-state index in [9.17, 15) is 0 Å². The second kappa shape index (κ2) is 6.57. The van der Waals surface area contributed by atoms with Crippen LogP contribution in [0.15, 0.2) is 53.3 Å². The third-order valence-electron chi connectivity index (χ3n) is 4.54. The van der Waals surface area contributed by atoms with Crippen LogP contribution in [0, 0.1) is 0 Å². The van der Waals surface area contributed by atoms with E-state index in [-0.39, 0.29) is 5.60 Å². The standard InChI is InChI=1S/C21H23N3O2/c1-21(2)12-17-10-15(4-5-20(17)25-21)13-24(3)14-18-11-19(23-26-18)16-6-8-22-9-7-16/h4-11H,12-14H2,1-3H3. The fraction of sp³-hybridized carbons (Fsp3) is 0.333. The van der Waals surface area contributed by atoms with Crippen LogP contribution in [0.1, 0.15) is 30.7 Å². The Morgan fingerprint density at radius 3 is 2.69 bits per heavy atom. The molecule has 1 aliphatic heterocycles. The third-order valence-corrected chi connectivity index (χ3v) is 4.54. The van der Waals surface area contributed by atoms with Gasteiger partial charge in [0, 0.05) is 37.0 Å². The lowest BCUT2D eigenvalue weighted by molar-refractivity contribution is 0.138. The number of fused-ring (bicyclic) bond motifs is 1. The average molecular weight is 349 g/mol. The lowest BCUT2D eigenvalue weighted by atomic mass is 10.00. The normalized spacial score (nSPS) is 15.1. The first kappa shape index (κ1) is 16.8. The van der Waals surface area contributed by atoms with E-state index in [0.717, 1.165) is 35.7 Å². The average Bonchev–Trinajstić information content (AvgIpc) is 3.17. The highest BCUT2D eigenvalue weighted by molar-refractivity contribution is 5.57. The van der Waals surface area contributed by atoms with E-state index in [1.165, 1.54) is 11.1 Å². The summed E-state index contributed by atoms with van der Waals surface area (Å²) < 4.78 is 11.5. The highest BCUT2D eigenvalue weighted by Gasteiger charge is 2.29. The fourth-order valence-electron chi connectivity index (χ4n) is 3.44. The van der Waals surface area contributed by atoms with Crippen LogP contribution in [0.25, 0.3) is 11.3 Å². The monoisotopic (exact) mass is 349 g/mol. The van der Waals surface area contributed by atoms with Gasteiger partial charge in [0.2, 0.25) is 0 Å². The molecule has 0 unspecified atom stereocenters. The molecule has 3 aromatic rings. The Balaban J connectivity index is 1.41. The number of nitrogens with zero attached hydrogens (tertiary/aromatic N) is 3. The van der Waals surface area contributed by atoms with Crippen LogP contribution in [0.2, 0.25) is 0 Å². The predicted octanol–water partition coefficient (Wildman–Crippen LogP) is 4.08. The molecule has 0 saturated carbocycles. The minimum atomic E-state index is -0.101. The molecule has 0 aliphatic carbocycles. The Kier molecular flexibility index (Phi) is 4.24. The summed E-state index contributed by atoms with van der Waals surface area (Å²) in [5, 5.41) is 4.16. The van der Waals surface area contributed by atoms with E-state index in [4.69, 9.17) is 9.26 Å². The van der Waals surface area contributed by atoms with E-state index in [2.05, 4.69) is 54.1 Å². The van der Waals surface area contributed by atoms with Gasteiger partial charge in [-0.15, -0.1) is 0 Å². The summed E-state index contributed by atoms with van der Waals surface area (Å²) in [7, 11) is 2.09. The maximum absolute atomic E-state index is 5.95. The quantitative estimate of drug-likeness (QED) is 0.695. The van der Waals surface area contributed by atoms with Crippen molar-refractivity contribution in [2.75, 3.05) is 7.05 Å². The summed E-state index contributed by atoms with van der Waals surface area (Å²) in [5.41, 5.74) is 4.32. The van der Waals surface area contributed by atoms with Gasteiger partial charge in [-0.05, 0) is 50.2 Å². The first-order valence-electron chi connectivity index (χ1n) is 8.84. The molecule has 1 aromatic carbocycles. The second-order valence-electron chi connectivity index (χ2n) is 7.57. The molecule has 134 valence electrons. The van der Waals surface area contributed by atoms with Gasteiger partial charge >= 0.3 is 0 Å². The number of hydrogen-bond donors (Lipinski definition) is 0. The number of benzene rings is 1. The molecule has 0 bridgehead atoms. The van der Waals surface area contributed by atoms with E-state index < -0.39 is 0 Å². The van der Waals surface area contributed by atoms with E-state index >= 15 is 0 Å². The number of aromatic nitrogens is 2. The molecule has 0 radical (unpaired) electrons. The van der Waals surface area contributed by atoms with Crippen molar-refractivity contribution in [1.82, 2.24) is 15.0 Å². The first-order chi connectivity index (χ1) is 12.5. The van der Waals surface area contributed by atoms with Gasteiger partial charge in [0.15, 0.2) is 5.76 Å². The predicted molar refractivity (Wildman–Crippen MR) is 99.8 cm³/mol. The van der Waals surface area contributed by atoms with Crippen molar-refractivity contribution in [3.05, 3.63) is 65.7 Å². The molecule has 26 heavy (non-hydrogen) atoms. The van der Waals surface area contributed by atoms with Gasteiger partial charge < -0.3 is 9.26 Å². The third kappa shape index (κ3) is 3.63. The highest BCUT2D eigenvalue weighted by Crippen LogP contribution is 2.35. The summed E-state index contributed by atoms with van der Waals surface area (Å²) in [6.45, 7) is 5.81. The Hall–Kier alpha value is -2.66. The zero-order chi connectivity index (χ0) is 18.1. The smallest absolute Gasteiger partial charge is 0.151 e. The van der Waals surface area contributed by atoms with Gasteiger partial charge in [-0.2, -0.15) is 0 Å². The molecule has 5 heteroatoms. The van der Waals surface area contributed by atoms with Gasteiger partial charge in [-0.3, -0.25) is 9.88 Å². The highest BCUT2D eigenvalue weighted by atomic mass is 16.5. The van der Waals surface area contributed by atoms with Crippen molar-refractivity contribution >= 4 is 0 Å². The molecule has 0 spiro atoms. The number of ether oxygens (including phenoxy) is 1. The van der Waals surface area contributed by atoms with Gasteiger partial charge in [-0.1, -0.05) is 17.3 Å². The SMILES string of the molecule is CN(Cc1ccc2c(c1)CC(C)(C)O2)Cc1cc(-c2ccncc2)no1. The number of pyridine rings is 1. The summed E-state index contributed by atoms with van der Waals surface area (Å²) in [5.74, 6) is 1.86. The molecule has 5 nitrogen and oxygen atoms in total. The first-order valence-corrected chi connectivity index (χ1v) is 8.84. The molecule has 0 amide bonds. The molecule has 3 heterocycles. The van der Waals surface area contributed by atoms with Gasteiger partial charge in [0.1, 0.15) is 17.0 Å². The molecular weight excluding hydrogens is 326 g/mol. The summed E-state index contributed by atoms with van der Waals surface area (Å²) >= 11 is 0. The molecule has 0 saturated heterocycles. The molecule has 0 fully saturated rings. The van der Waals surface area contributed by atoms with Gasteiger partial charge in [0.05, 0.1) is 6.54 Å². The molecule has 4 rings (SSSR count). The van der Waals surface area contributed by atoms with Crippen LogP contribution in [-0.2, 0) is 19.5 Å². The van der Waals surface area contributed by atoms with Crippen molar-refractivity contribution in [1.29, 1.82) is 0 Å². The van der Waals surface area contributed by atoms with E-state index in [1.807, 2.05) is 18.2 Å². The van der Waals surface area contributed by atoms with Crippen LogP contribution in [-0.4, -0.2) is 27.7 Å². The van der Waals surface area contributed by atoms with E-state index in [0.29, 0.717) is 6.54 Å². The Morgan fingerprint density at radius 1 is 1.08 bits per heavy atom. The molecule has 0 atom stereocenters. The molecule has 1 aliphatic rings. The second-order valence-corrected chi connectivity index (χ2v) is 7.57. The minimum Gasteiger partial charge on any atom is -0.487 e. The van der Waals surface area contributed by atoms with Gasteiger partial charge in [-0.25, -0.2) is 0 Å². The van der Waals surface area contributed by atoms with Crippen molar-refractivity contribution in [2.45, 2.75) is 39.0 Å². The summed E-state index contributed by atoms with van der Waals surface area (Å²) in [6.07, 6.45) is 4.47. The van der Waals surface area contributed by atoms with Crippen molar-refractivity contribution in [3.8, 4) is 17.0 Å². The maximum Gasteiger partial charge on any atom is 0.151 e. The zero-order valence-corrected chi connectivity index (χ0v) is 15.4. The fourth-order valence-corrected chi connectivity index (χ4v) is 3.44. The summed E-state index contributed by atoms with van der Waals surface area (Å²) in [4.78, 5) is 6.25. The molecule has 2 aromatic heterocycles. The topological polar surface area (TPSA) is 51.4 Å². The Labute approximate surface area is 153 Å². The molecule has 0 N–H and O–H groups in total. The molecular formula is C21H23N3O2. The van der Waals surface area contributed by atoms with Crippen LogP contribution in [0.5, 0.6) is 5.75 Å². The number of rotatable bonds is 5. The minimum absolute atomic E-state index is 0.101. The van der Waals surface area contributed by atoms with Crippen LogP contribution >= 0.6 is 0 Å².